The lowest BCUT2D eigenvalue weighted by atomic mass is 10.0. The Balaban J connectivity index is 3.37. The van der Waals surface area contributed by atoms with Gasteiger partial charge in [-0.1, -0.05) is 339 Å². The van der Waals surface area contributed by atoms with Gasteiger partial charge in [0, 0.05) is 12.8 Å². The lowest BCUT2D eigenvalue weighted by Gasteiger charge is -2.20. The average molecular weight is 1120 g/mol. The summed E-state index contributed by atoms with van der Waals surface area (Å²) >= 11 is 0. The third-order valence-corrected chi connectivity index (χ3v) is 16.9. The number of ether oxygens (including phenoxy) is 1. The molecule has 0 aromatic rings. The van der Waals surface area contributed by atoms with Crippen LogP contribution in [0.25, 0.3) is 0 Å². The summed E-state index contributed by atoms with van der Waals surface area (Å²) in [6, 6.07) is -0.627. The monoisotopic (exact) mass is 1120 g/mol. The van der Waals surface area contributed by atoms with E-state index in [0.29, 0.717) is 19.4 Å². The predicted octanol–water partition coefficient (Wildman–Crippen LogP) is 23.5. The molecular weight excluding hydrogens is 983 g/mol. The van der Waals surface area contributed by atoms with Crippen LogP contribution in [-0.2, 0) is 14.3 Å². The van der Waals surface area contributed by atoms with Crippen LogP contribution in [0.5, 0.6) is 0 Å². The molecule has 0 aromatic heterocycles. The Morgan fingerprint density at radius 3 is 0.887 bits per heavy atom. The first kappa shape index (κ1) is 78.1. The van der Waals surface area contributed by atoms with E-state index in [-0.39, 0.29) is 18.5 Å². The molecular formula is C74H141NO5. The SMILES string of the molecule is CCCCCCCC/C=C\CCCCCCCCCC(=O)OCCCCCCCCCCCCCC/C=C\CCCCCCCCCCCCCCCCC(=O)NC(CO)C(O)/C=C/CCCCCCCCCCCCCCCC. The highest BCUT2D eigenvalue weighted by atomic mass is 16.5. The van der Waals surface area contributed by atoms with E-state index in [1.54, 1.807) is 6.08 Å². The van der Waals surface area contributed by atoms with Crippen molar-refractivity contribution in [3.63, 3.8) is 0 Å². The molecule has 0 spiro atoms. The predicted molar refractivity (Wildman–Crippen MR) is 352 cm³/mol. The number of carbonyl (C=O) groups is 2. The maximum absolute atomic E-state index is 12.5. The van der Waals surface area contributed by atoms with Crippen molar-refractivity contribution in [2.45, 2.75) is 411 Å². The topological polar surface area (TPSA) is 95.9 Å². The third-order valence-electron chi connectivity index (χ3n) is 16.9. The summed E-state index contributed by atoms with van der Waals surface area (Å²) < 4.78 is 5.50. The zero-order valence-electron chi connectivity index (χ0n) is 54.1. The highest BCUT2D eigenvalue weighted by molar-refractivity contribution is 5.76. The molecule has 0 aliphatic carbocycles. The summed E-state index contributed by atoms with van der Waals surface area (Å²) in [5.41, 5.74) is 0. The summed E-state index contributed by atoms with van der Waals surface area (Å²) in [6.07, 6.45) is 89.5. The Kier molecular flexibility index (Phi) is 67.9. The largest absolute Gasteiger partial charge is 0.466 e. The van der Waals surface area contributed by atoms with Gasteiger partial charge in [-0.05, 0) is 83.5 Å². The van der Waals surface area contributed by atoms with E-state index in [4.69, 9.17) is 4.74 Å². The lowest BCUT2D eigenvalue weighted by Crippen LogP contribution is -2.45. The van der Waals surface area contributed by atoms with Gasteiger partial charge in [0.15, 0.2) is 0 Å². The second-order valence-corrected chi connectivity index (χ2v) is 24.9. The lowest BCUT2D eigenvalue weighted by molar-refractivity contribution is -0.143. The van der Waals surface area contributed by atoms with Crippen molar-refractivity contribution in [3.8, 4) is 0 Å². The summed E-state index contributed by atoms with van der Waals surface area (Å²) in [4.78, 5) is 24.6. The van der Waals surface area contributed by atoms with Crippen molar-refractivity contribution in [2.24, 2.45) is 0 Å². The highest BCUT2D eigenvalue weighted by Gasteiger charge is 2.18. The Labute approximate surface area is 500 Å². The van der Waals surface area contributed by atoms with Crippen molar-refractivity contribution in [1.82, 2.24) is 5.32 Å². The van der Waals surface area contributed by atoms with Crippen LogP contribution in [0.3, 0.4) is 0 Å². The van der Waals surface area contributed by atoms with E-state index in [0.717, 1.165) is 44.9 Å². The minimum atomic E-state index is -0.844. The van der Waals surface area contributed by atoms with Gasteiger partial charge in [-0.25, -0.2) is 0 Å². The van der Waals surface area contributed by atoms with Crippen LogP contribution in [0.4, 0.5) is 0 Å². The molecule has 0 aromatic carbocycles. The van der Waals surface area contributed by atoms with E-state index in [1.165, 1.54) is 327 Å². The maximum Gasteiger partial charge on any atom is 0.305 e. The molecule has 0 rings (SSSR count). The number of hydrogen-bond donors (Lipinski definition) is 3. The molecule has 0 fully saturated rings. The summed E-state index contributed by atoms with van der Waals surface area (Å²) in [5, 5.41) is 23.2. The number of esters is 1. The van der Waals surface area contributed by atoms with Crippen LogP contribution in [-0.4, -0.2) is 47.4 Å². The van der Waals surface area contributed by atoms with Gasteiger partial charge in [0.25, 0.3) is 0 Å². The van der Waals surface area contributed by atoms with Gasteiger partial charge in [0.2, 0.25) is 5.91 Å². The Bertz CT molecular complexity index is 1300. The smallest absolute Gasteiger partial charge is 0.305 e. The van der Waals surface area contributed by atoms with E-state index < -0.39 is 12.1 Å². The molecule has 0 bridgehead atoms. The molecule has 0 aliphatic rings. The van der Waals surface area contributed by atoms with Crippen LogP contribution < -0.4 is 5.32 Å². The fourth-order valence-electron chi connectivity index (χ4n) is 11.3. The normalized spacial score (nSPS) is 12.7. The van der Waals surface area contributed by atoms with E-state index in [9.17, 15) is 19.8 Å². The molecule has 0 heterocycles. The molecule has 1 amide bonds. The molecule has 0 aliphatic heterocycles. The minimum absolute atomic E-state index is 0.0139. The number of nitrogens with one attached hydrogen (secondary N) is 1. The first-order chi connectivity index (χ1) is 39.5. The number of amides is 1. The van der Waals surface area contributed by atoms with Crippen molar-refractivity contribution >= 4 is 11.9 Å². The molecule has 2 atom stereocenters. The molecule has 2 unspecified atom stereocenters. The van der Waals surface area contributed by atoms with Crippen LogP contribution in [0.15, 0.2) is 36.5 Å². The first-order valence-corrected chi connectivity index (χ1v) is 36.3. The molecule has 6 nitrogen and oxygen atoms in total. The number of rotatable bonds is 68. The van der Waals surface area contributed by atoms with Crippen LogP contribution in [0, 0.1) is 0 Å². The van der Waals surface area contributed by atoms with Gasteiger partial charge in [0.05, 0.1) is 25.4 Å². The van der Waals surface area contributed by atoms with Gasteiger partial charge in [-0.3, -0.25) is 9.59 Å². The number of unbranched alkanes of at least 4 members (excludes halogenated alkanes) is 53. The van der Waals surface area contributed by atoms with Gasteiger partial charge in [-0.2, -0.15) is 0 Å². The van der Waals surface area contributed by atoms with Gasteiger partial charge in [0.1, 0.15) is 0 Å². The number of allylic oxidation sites excluding steroid dienone is 5. The van der Waals surface area contributed by atoms with Gasteiger partial charge >= 0.3 is 5.97 Å². The van der Waals surface area contributed by atoms with E-state index >= 15 is 0 Å². The summed E-state index contributed by atoms with van der Waals surface area (Å²) in [7, 11) is 0. The van der Waals surface area contributed by atoms with E-state index in [2.05, 4.69) is 43.5 Å². The van der Waals surface area contributed by atoms with Crippen molar-refractivity contribution < 1.29 is 24.5 Å². The Hall–Kier alpha value is -1.92. The Morgan fingerprint density at radius 2 is 0.588 bits per heavy atom. The second-order valence-electron chi connectivity index (χ2n) is 24.9. The Morgan fingerprint density at radius 1 is 0.338 bits per heavy atom. The minimum Gasteiger partial charge on any atom is -0.466 e. The fourth-order valence-corrected chi connectivity index (χ4v) is 11.3. The fraction of sp³-hybridized carbons (Fsp3) is 0.892. The maximum atomic E-state index is 12.5. The molecule has 0 saturated carbocycles. The first-order valence-electron chi connectivity index (χ1n) is 36.3. The van der Waals surface area contributed by atoms with Crippen LogP contribution in [0.2, 0.25) is 0 Å². The third kappa shape index (κ3) is 65.2. The van der Waals surface area contributed by atoms with Crippen molar-refractivity contribution in [2.75, 3.05) is 13.2 Å². The molecule has 0 saturated heterocycles. The number of carbonyl (C=O) groups excluding carboxylic acids is 2. The molecule has 0 radical (unpaired) electrons. The van der Waals surface area contributed by atoms with E-state index in [1.807, 2.05) is 6.08 Å². The second kappa shape index (κ2) is 69.6. The average Bonchev–Trinajstić information content (AvgIpc) is 3.46. The number of hydrogen-bond acceptors (Lipinski definition) is 5. The van der Waals surface area contributed by atoms with Crippen molar-refractivity contribution in [3.05, 3.63) is 36.5 Å². The molecule has 80 heavy (non-hydrogen) atoms. The molecule has 472 valence electrons. The molecule has 6 heteroatoms. The molecule has 3 N–H and O–H groups in total. The standard InChI is InChI=1S/C74H141NO5/c1-3-5-7-9-11-13-15-17-19-35-40-44-48-52-56-60-64-68-74(79)80-69-65-61-57-53-49-45-41-37-34-32-30-28-26-24-22-21-23-25-27-29-31-33-36-39-43-47-51-55-59-63-67-73(78)75-71(70-76)72(77)66-62-58-54-50-46-42-38-20-18-16-14-12-10-8-6-4-2/h17,19,22,24,62,66,71-72,76-77H,3-16,18,20-21,23,25-61,63-65,67-70H2,1-2H3,(H,75,78)/b19-17-,24-22-,66-62+. The summed E-state index contributed by atoms with van der Waals surface area (Å²) in [6.45, 7) is 4.93. The number of aliphatic hydroxyl groups excluding tert-OH is 2. The van der Waals surface area contributed by atoms with Crippen molar-refractivity contribution in [1.29, 1.82) is 0 Å². The van der Waals surface area contributed by atoms with Gasteiger partial charge < -0.3 is 20.3 Å². The summed E-state index contributed by atoms with van der Waals surface area (Å²) in [5.74, 6) is -0.0500. The van der Waals surface area contributed by atoms with Crippen LogP contribution in [0.1, 0.15) is 399 Å². The zero-order chi connectivity index (χ0) is 57.8. The number of aliphatic hydroxyl groups is 2. The quantitative estimate of drug-likeness (QED) is 0.0320. The zero-order valence-corrected chi connectivity index (χ0v) is 54.1. The highest BCUT2D eigenvalue weighted by Crippen LogP contribution is 2.18. The van der Waals surface area contributed by atoms with Gasteiger partial charge in [-0.15, -0.1) is 0 Å². The van der Waals surface area contributed by atoms with Crippen LogP contribution >= 0.6 is 0 Å².